The van der Waals surface area contributed by atoms with E-state index in [9.17, 15) is 18.0 Å². The Bertz CT molecular complexity index is 812. The fraction of sp³-hybridized carbons (Fsp3) is 0.556. The van der Waals surface area contributed by atoms with Crippen molar-refractivity contribution < 1.29 is 18.0 Å². The molecule has 1 aliphatic rings. The minimum Gasteiger partial charge on any atom is -0.350 e. The van der Waals surface area contributed by atoms with Gasteiger partial charge in [0.25, 0.3) is 5.91 Å². The summed E-state index contributed by atoms with van der Waals surface area (Å²) in [7, 11) is -3.76. The van der Waals surface area contributed by atoms with E-state index in [-0.39, 0.29) is 27.9 Å². The van der Waals surface area contributed by atoms with E-state index in [2.05, 4.69) is 10.6 Å². The predicted octanol–water partition coefficient (Wildman–Crippen LogP) is 2.16. The molecule has 150 valence electrons. The zero-order valence-electron chi connectivity index (χ0n) is 15.8. The molecule has 1 aromatic carbocycles. The fourth-order valence-electron chi connectivity index (χ4n) is 2.81. The molecule has 1 aliphatic heterocycles. The third-order valence-corrected chi connectivity index (χ3v) is 6.43. The van der Waals surface area contributed by atoms with E-state index in [4.69, 9.17) is 11.6 Å². The van der Waals surface area contributed by atoms with Gasteiger partial charge in [0.15, 0.2) is 0 Å². The molecule has 1 heterocycles. The molecule has 1 saturated heterocycles. The van der Waals surface area contributed by atoms with Crippen LogP contribution in [0.25, 0.3) is 0 Å². The number of carbonyl (C=O) groups is 2. The van der Waals surface area contributed by atoms with Gasteiger partial charge in [-0.25, -0.2) is 8.42 Å². The van der Waals surface area contributed by atoms with Gasteiger partial charge in [0.2, 0.25) is 15.9 Å². The Morgan fingerprint density at radius 3 is 2.37 bits per heavy atom. The van der Waals surface area contributed by atoms with Crippen LogP contribution in [-0.2, 0) is 14.8 Å². The molecular weight excluding hydrogens is 390 g/mol. The standard InChI is InChI=1S/C18H26ClN3O4S/c1-18(2,3)21-16(23)12-20-17(24)13-7-8-14(19)15(11-13)27(25,26)22-9-5-4-6-10-22/h7-8,11H,4-6,9-10,12H2,1-3H3,(H,20,24)(H,21,23). The van der Waals surface area contributed by atoms with Gasteiger partial charge in [0, 0.05) is 24.2 Å². The quantitative estimate of drug-likeness (QED) is 0.770. The maximum absolute atomic E-state index is 12.9. The van der Waals surface area contributed by atoms with Crippen LogP contribution in [0.15, 0.2) is 23.1 Å². The summed E-state index contributed by atoms with van der Waals surface area (Å²) in [6, 6.07) is 4.10. The first kappa shape index (κ1) is 21.7. The molecule has 2 N–H and O–H groups in total. The summed E-state index contributed by atoms with van der Waals surface area (Å²) in [5, 5.41) is 5.30. The van der Waals surface area contributed by atoms with E-state index >= 15 is 0 Å². The molecule has 7 nitrogen and oxygen atoms in total. The van der Waals surface area contributed by atoms with Crippen molar-refractivity contribution in [2.24, 2.45) is 0 Å². The van der Waals surface area contributed by atoms with Crippen molar-refractivity contribution >= 4 is 33.4 Å². The highest BCUT2D eigenvalue weighted by atomic mass is 35.5. The molecule has 0 aromatic heterocycles. The second kappa shape index (κ2) is 8.58. The molecule has 0 aliphatic carbocycles. The van der Waals surface area contributed by atoms with E-state index in [1.54, 1.807) is 0 Å². The van der Waals surface area contributed by atoms with Crippen molar-refractivity contribution in [2.45, 2.75) is 50.5 Å². The predicted molar refractivity (Wildman–Crippen MR) is 104 cm³/mol. The number of sulfonamides is 1. The van der Waals surface area contributed by atoms with Gasteiger partial charge in [-0.3, -0.25) is 9.59 Å². The third kappa shape index (κ3) is 5.92. The summed E-state index contributed by atoms with van der Waals surface area (Å²) in [5.41, 5.74) is -0.267. The molecule has 0 spiro atoms. The lowest BCUT2D eigenvalue weighted by Crippen LogP contribution is -2.45. The molecule has 9 heteroatoms. The Labute approximate surface area is 165 Å². The number of amides is 2. The van der Waals surface area contributed by atoms with Gasteiger partial charge < -0.3 is 10.6 Å². The van der Waals surface area contributed by atoms with Crippen molar-refractivity contribution in [3.05, 3.63) is 28.8 Å². The molecule has 0 unspecified atom stereocenters. The number of halogens is 1. The van der Waals surface area contributed by atoms with Gasteiger partial charge in [-0.2, -0.15) is 4.31 Å². The first-order chi connectivity index (χ1) is 12.5. The lowest BCUT2D eigenvalue weighted by atomic mass is 10.1. The topological polar surface area (TPSA) is 95.6 Å². The van der Waals surface area contributed by atoms with Crippen LogP contribution in [0, 0.1) is 0 Å². The molecule has 0 radical (unpaired) electrons. The number of hydrogen-bond acceptors (Lipinski definition) is 4. The molecule has 2 amide bonds. The number of benzene rings is 1. The van der Waals surface area contributed by atoms with Crippen molar-refractivity contribution in [2.75, 3.05) is 19.6 Å². The number of nitrogens with zero attached hydrogens (tertiary/aromatic N) is 1. The number of rotatable bonds is 5. The first-order valence-corrected chi connectivity index (χ1v) is 10.7. The Morgan fingerprint density at radius 1 is 1.15 bits per heavy atom. The summed E-state index contributed by atoms with van der Waals surface area (Å²) < 4.78 is 27.1. The molecule has 0 bridgehead atoms. The number of nitrogens with one attached hydrogen (secondary N) is 2. The van der Waals surface area contributed by atoms with Crippen LogP contribution in [0.3, 0.4) is 0 Å². The summed E-state index contributed by atoms with van der Waals surface area (Å²) in [6.07, 6.45) is 2.61. The van der Waals surface area contributed by atoms with Gasteiger partial charge in [-0.15, -0.1) is 0 Å². The summed E-state index contributed by atoms with van der Waals surface area (Å²) >= 11 is 6.10. The van der Waals surface area contributed by atoms with Gasteiger partial charge in [0.05, 0.1) is 11.6 Å². The minimum atomic E-state index is -3.76. The maximum Gasteiger partial charge on any atom is 0.251 e. The second-order valence-electron chi connectivity index (χ2n) is 7.59. The first-order valence-electron chi connectivity index (χ1n) is 8.89. The van der Waals surface area contributed by atoms with E-state index in [0.29, 0.717) is 13.1 Å². The molecule has 0 atom stereocenters. The van der Waals surface area contributed by atoms with E-state index in [0.717, 1.165) is 19.3 Å². The van der Waals surface area contributed by atoms with Crippen LogP contribution in [0.5, 0.6) is 0 Å². The van der Waals surface area contributed by atoms with Crippen LogP contribution in [0.2, 0.25) is 5.02 Å². The van der Waals surface area contributed by atoms with Crippen LogP contribution in [0.4, 0.5) is 0 Å². The third-order valence-electron chi connectivity index (χ3n) is 4.05. The Morgan fingerprint density at radius 2 is 1.78 bits per heavy atom. The molecule has 1 fully saturated rings. The molecule has 2 rings (SSSR count). The smallest absolute Gasteiger partial charge is 0.251 e. The number of piperidine rings is 1. The lowest BCUT2D eigenvalue weighted by molar-refractivity contribution is -0.121. The van der Waals surface area contributed by atoms with Crippen molar-refractivity contribution in [3.63, 3.8) is 0 Å². The van der Waals surface area contributed by atoms with Crippen LogP contribution >= 0.6 is 11.6 Å². The van der Waals surface area contributed by atoms with Crippen LogP contribution in [-0.4, -0.2) is 49.7 Å². The highest BCUT2D eigenvalue weighted by Crippen LogP contribution is 2.27. The van der Waals surface area contributed by atoms with Gasteiger partial charge in [0.1, 0.15) is 4.90 Å². The summed E-state index contributed by atoms with van der Waals surface area (Å²) in [5.74, 6) is -0.864. The summed E-state index contributed by atoms with van der Waals surface area (Å²) in [4.78, 5) is 24.1. The average Bonchev–Trinajstić information content (AvgIpc) is 2.59. The zero-order chi connectivity index (χ0) is 20.2. The second-order valence-corrected chi connectivity index (χ2v) is 9.90. The van der Waals surface area contributed by atoms with Crippen LogP contribution in [0.1, 0.15) is 50.4 Å². The Balaban J connectivity index is 2.14. The zero-order valence-corrected chi connectivity index (χ0v) is 17.4. The minimum absolute atomic E-state index is 0.0719. The average molecular weight is 416 g/mol. The van der Waals surface area contributed by atoms with E-state index < -0.39 is 21.5 Å². The van der Waals surface area contributed by atoms with Gasteiger partial charge >= 0.3 is 0 Å². The SMILES string of the molecule is CC(C)(C)NC(=O)CNC(=O)c1ccc(Cl)c(S(=O)(=O)N2CCCCC2)c1. The number of hydrogen-bond donors (Lipinski definition) is 2. The molecule has 1 aromatic rings. The van der Waals surface area contributed by atoms with Crippen molar-refractivity contribution in [1.82, 2.24) is 14.9 Å². The Hall–Kier alpha value is -1.64. The highest BCUT2D eigenvalue weighted by molar-refractivity contribution is 7.89. The van der Waals surface area contributed by atoms with E-state index in [1.807, 2.05) is 20.8 Å². The lowest BCUT2D eigenvalue weighted by Gasteiger charge is -2.26. The highest BCUT2D eigenvalue weighted by Gasteiger charge is 2.28. The maximum atomic E-state index is 12.9. The van der Waals surface area contributed by atoms with Gasteiger partial charge in [-0.1, -0.05) is 18.0 Å². The Kier molecular flexibility index (Phi) is 6.88. The number of carbonyl (C=O) groups excluding carboxylic acids is 2. The van der Waals surface area contributed by atoms with Crippen LogP contribution < -0.4 is 10.6 Å². The van der Waals surface area contributed by atoms with Crippen molar-refractivity contribution in [1.29, 1.82) is 0 Å². The molecule has 27 heavy (non-hydrogen) atoms. The fourth-order valence-corrected chi connectivity index (χ4v) is 4.83. The largest absolute Gasteiger partial charge is 0.350 e. The van der Waals surface area contributed by atoms with Crippen molar-refractivity contribution in [3.8, 4) is 0 Å². The normalized spacial score (nSPS) is 16.0. The molecular formula is C18H26ClN3O4S. The van der Waals surface area contributed by atoms with E-state index in [1.165, 1.54) is 22.5 Å². The monoisotopic (exact) mass is 415 g/mol. The molecule has 0 saturated carbocycles. The van der Waals surface area contributed by atoms with Gasteiger partial charge in [-0.05, 0) is 51.8 Å². The summed E-state index contributed by atoms with van der Waals surface area (Å²) in [6.45, 7) is 6.20.